The Kier molecular flexibility index (Phi) is 7.28. The molecule has 0 aliphatic carbocycles. The Morgan fingerprint density at radius 3 is 2.37 bits per heavy atom. The van der Waals surface area contributed by atoms with Crippen molar-refractivity contribution in [2.45, 2.75) is 24.9 Å². The lowest BCUT2D eigenvalue weighted by molar-refractivity contribution is -0.167. The van der Waals surface area contributed by atoms with Crippen LogP contribution in [0.1, 0.15) is 15.9 Å². The van der Waals surface area contributed by atoms with E-state index >= 15 is 0 Å². The first kappa shape index (κ1) is 25.3. The van der Waals surface area contributed by atoms with Crippen LogP contribution in [0.5, 0.6) is 5.75 Å². The highest BCUT2D eigenvalue weighted by Crippen LogP contribution is 2.34. The van der Waals surface area contributed by atoms with Crippen LogP contribution in [0, 0.1) is 0 Å². The summed E-state index contributed by atoms with van der Waals surface area (Å²) in [6.07, 6.45) is -1.27. The maximum atomic E-state index is 13.4. The first-order chi connectivity index (χ1) is 18.4. The topological polar surface area (TPSA) is 105 Å². The molecule has 2 heterocycles. The molecule has 5 rings (SSSR count). The van der Waals surface area contributed by atoms with E-state index in [0.717, 1.165) is 5.56 Å². The van der Waals surface area contributed by atoms with Gasteiger partial charge in [0, 0.05) is 17.1 Å². The van der Waals surface area contributed by atoms with Gasteiger partial charge in [-0.15, -0.1) is 0 Å². The van der Waals surface area contributed by atoms with Crippen LogP contribution in [0.25, 0.3) is 0 Å². The summed E-state index contributed by atoms with van der Waals surface area (Å²) in [7, 11) is 0. The standard InChI is InChI=1S/C28H24ClN3O6/c29-20-11-7-10-19(14-20)26(34)31-15-22-24(30-23(33)17-37-21-12-5-2-6-13-21)27(35)32(22)25(31)28(36)38-16-18-8-3-1-4-9-18/h1-14,22,24-25H,15-17H2,(H,30,33)/t22?,24-,25?/m0/s1. The molecule has 2 aliphatic heterocycles. The van der Waals surface area contributed by atoms with Gasteiger partial charge >= 0.3 is 5.97 Å². The van der Waals surface area contributed by atoms with E-state index in [0.29, 0.717) is 10.8 Å². The summed E-state index contributed by atoms with van der Waals surface area (Å²) in [5, 5.41) is 3.03. The summed E-state index contributed by atoms with van der Waals surface area (Å²) in [6, 6.07) is 22.7. The first-order valence-corrected chi connectivity index (χ1v) is 12.4. The molecule has 0 spiro atoms. The van der Waals surface area contributed by atoms with E-state index in [-0.39, 0.29) is 25.3 Å². The molecule has 10 heteroatoms. The van der Waals surface area contributed by atoms with E-state index in [4.69, 9.17) is 21.1 Å². The smallest absolute Gasteiger partial charge is 0.350 e. The van der Waals surface area contributed by atoms with Crippen molar-refractivity contribution in [3.63, 3.8) is 0 Å². The fourth-order valence-electron chi connectivity index (χ4n) is 4.58. The quantitative estimate of drug-likeness (QED) is 0.352. The summed E-state index contributed by atoms with van der Waals surface area (Å²) in [5.74, 6) is -1.67. The number of para-hydroxylation sites is 1. The van der Waals surface area contributed by atoms with Crippen molar-refractivity contribution in [2.75, 3.05) is 13.2 Å². The van der Waals surface area contributed by atoms with Crippen molar-refractivity contribution in [1.29, 1.82) is 0 Å². The van der Waals surface area contributed by atoms with Crippen LogP contribution >= 0.6 is 11.6 Å². The zero-order valence-corrected chi connectivity index (χ0v) is 20.9. The Hall–Kier alpha value is -4.37. The van der Waals surface area contributed by atoms with Crippen LogP contribution in [0.4, 0.5) is 0 Å². The number of esters is 1. The summed E-state index contributed by atoms with van der Waals surface area (Å²) in [5.41, 5.74) is 1.03. The average molecular weight is 534 g/mol. The number of β-lactam (4-membered cyclic amide) rings is 1. The number of carbonyl (C=O) groups excluding carboxylic acids is 4. The fourth-order valence-corrected chi connectivity index (χ4v) is 4.77. The molecule has 1 N–H and O–H groups in total. The number of carbonyl (C=O) groups is 4. The summed E-state index contributed by atoms with van der Waals surface area (Å²) < 4.78 is 11.0. The Morgan fingerprint density at radius 1 is 0.947 bits per heavy atom. The predicted molar refractivity (Wildman–Crippen MR) is 137 cm³/mol. The van der Waals surface area contributed by atoms with Crippen LogP contribution in [-0.4, -0.2) is 64.9 Å². The van der Waals surface area contributed by atoms with Gasteiger partial charge in [0.05, 0.1) is 6.04 Å². The van der Waals surface area contributed by atoms with Crippen molar-refractivity contribution in [3.8, 4) is 5.75 Å². The minimum atomic E-state index is -1.27. The van der Waals surface area contributed by atoms with Crippen molar-refractivity contribution < 1.29 is 28.7 Å². The maximum Gasteiger partial charge on any atom is 0.350 e. The second kappa shape index (κ2) is 10.9. The van der Waals surface area contributed by atoms with E-state index < -0.39 is 41.9 Å². The predicted octanol–water partition coefficient (Wildman–Crippen LogP) is 2.64. The number of nitrogens with one attached hydrogen (secondary N) is 1. The number of benzene rings is 3. The van der Waals surface area contributed by atoms with Crippen LogP contribution in [0.2, 0.25) is 5.02 Å². The van der Waals surface area contributed by atoms with Gasteiger partial charge in [0.15, 0.2) is 6.61 Å². The number of amides is 3. The maximum absolute atomic E-state index is 13.4. The van der Waals surface area contributed by atoms with Crippen LogP contribution in [0.3, 0.4) is 0 Å². The van der Waals surface area contributed by atoms with Gasteiger partial charge in [-0.25, -0.2) is 4.79 Å². The Balaban J connectivity index is 1.31. The minimum Gasteiger partial charge on any atom is -0.484 e. The van der Waals surface area contributed by atoms with Gasteiger partial charge in [-0.3, -0.25) is 14.4 Å². The Bertz CT molecular complexity index is 1350. The van der Waals surface area contributed by atoms with E-state index in [1.807, 2.05) is 24.3 Å². The third kappa shape index (κ3) is 5.19. The molecule has 194 valence electrons. The van der Waals surface area contributed by atoms with E-state index in [9.17, 15) is 19.2 Å². The van der Waals surface area contributed by atoms with Crippen molar-refractivity contribution in [1.82, 2.24) is 15.1 Å². The Labute approximate surface area is 223 Å². The molecular formula is C28H24ClN3O6. The molecule has 2 fully saturated rings. The molecule has 0 radical (unpaired) electrons. The zero-order valence-electron chi connectivity index (χ0n) is 20.2. The number of fused-ring (bicyclic) bond motifs is 1. The lowest BCUT2D eigenvalue weighted by Crippen LogP contribution is -2.71. The van der Waals surface area contributed by atoms with Crippen LogP contribution in [0.15, 0.2) is 84.9 Å². The van der Waals surface area contributed by atoms with Crippen molar-refractivity contribution in [2.24, 2.45) is 0 Å². The van der Waals surface area contributed by atoms with E-state index in [1.165, 1.54) is 15.9 Å². The number of hydrogen-bond acceptors (Lipinski definition) is 6. The van der Waals surface area contributed by atoms with Gasteiger partial charge in [0.2, 0.25) is 12.1 Å². The average Bonchev–Trinajstić information content (AvgIpc) is 3.30. The largest absolute Gasteiger partial charge is 0.484 e. The molecule has 3 aromatic carbocycles. The lowest BCUT2D eigenvalue weighted by atomic mass is 9.96. The molecule has 2 saturated heterocycles. The molecule has 38 heavy (non-hydrogen) atoms. The molecule has 2 aliphatic rings. The van der Waals surface area contributed by atoms with Crippen LogP contribution < -0.4 is 10.1 Å². The number of hydrogen-bond donors (Lipinski definition) is 1. The lowest BCUT2D eigenvalue weighted by Gasteiger charge is -2.43. The van der Waals surface area contributed by atoms with Gasteiger partial charge < -0.3 is 24.6 Å². The minimum absolute atomic E-state index is 0.0148. The highest BCUT2D eigenvalue weighted by Gasteiger charge is 2.61. The molecule has 0 saturated carbocycles. The summed E-state index contributed by atoms with van der Waals surface area (Å²) in [6.45, 7) is -0.264. The molecule has 0 aromatic heterocycles. The fraction of sp³-hybridized carbons (Fsp3) is 0.214. The molecule has 9 nitrogen and oxygen atoms in total. The normalized spacial score (nSPS) is 19.8. The van der Waals surface area contributed by atoms with Gasteiger partial charge in [0.1, 0.15) is 18.4 Å². The van der Waals surface area contributed by atoms with Gasteiger partial charge in [-0.05, 0) is 35.9 Å². The molecule has 3 amide bonds. The number of ether oxygens (including phenoxy) is 2. The third-order valence-corrected chi connectivity index (χ3v) is 6.64. The third-order valence-electron chi connectivity index (χ3n) is 6.40. The highest BCUT2D eigenvalue weighted by atomic mass is 35.5. The van der Waals surface area contributed by atoms with E-state index in [2.05, 4.69) is 5.32 Å². The van der Waals surface area contributed by atoms with Crippen molar-refractivity contribution in [3.05, 3.63) is 101 Å². The first-order valence-electron chi connectivity index (χ1n) is 12.0. The molecule has 3 atom stereocenters. The highest BCUT2D eigenvalue weighted by molar-refractivity contribution is 6.31. The SMILES string of the molecule is O=C(COc1ccccc1)N[C@@H]1C(=O)N2C1CN(C(=O)c1cccc(Cl)c1)C2C(=O)OCc1ccccc1. The molecular weight excluding hydrogens is 510 g/mol. The summed E-state index contributed by atoms with van der Waals surface area (Å²) >= 11 is 6.07. The number of rotatable bonds is 8. The van der Waals surface area contributed by atoms with Gasteiger partial charge in [0.25, 0.3) is 11.8 Å². The van der Waals surface area contributed by atoms with Crippen molar-refractivity contribution >= 4 is 35.3 Å². The van der Waals surface area contributed by atoms with Gasteiger partial charge in [-0.2, -0.15) is 0 Å². The van der Waals surface area contributed by atoms with Gasteiger partial charge in [-0.1, -0.05) is 66.2 Å². The summed E-state index contributed by atoms with van der Waals surface area (Å²) in [4.78, 5) is 54.8. The molecule has 2 unspecified atom stereocenters. The molecule has 0 bridgehead atoms. The van der Waals surface area contributed by atoms with E-state index in [1.54, 1.807) is 54.6 Å². The zero-order chi connectivity index (χ0) is 26.6. The monoisotopic (exact) mass is 533 g/mol. The number of halogens is 1. The Morgan fingerprint density at radius 2 is 1.66 bits per heavy atom. The second-order valence-electron chi connectivity index (χ2n) is 8.89. The second-order valence-corrected chi connectivity index (χ2v) is 9.33. The van der Waals surface area contributed by atoms with Crippen LogP contribution in [-0.2, 0) is 25.7 Å². The molecule has 3 aromatic rings. The number of nitrogens with zero attached hydrogens (tertiary/aromatic N) is 2.